The topological polar surface area (TPSA) is 36.9 Å². The molecule has 1 saturated heterocycles. The van der Waals surface area contributed by atoms with Crippen LogP contribution in [0.15, 0.2) is 23.2 Å². The van der Waals surface area contributed by atoms with Gasteiger partial charge in [0, 0.05) is 38.3 Å². The van der Waals surface area contributed by atoms with Crippen molar-refractivity contribution in [2.75, 3.05) is 32.8 Å². The molecule has 0 aliphatic carbocycles. The number of halogens is 3. The van der Waals surface area contributed by atoms with E-state index in [9.17, 15) is 8.78 Å². The number of rotatable bonds is 6. The van der Waals surface area contributed by atoms with E-state index in [0.29, 0.717) is 12.6 Å². The Morgan fingerprint density at radius 1 is 1.24 bits per heavy atom. The van der Waals surface area contributed by atoms with E-state index in [1.165, 1.54) is 18.2 Å². The fourth-order valence-corrected chi connectivity index (χ4v) is 2.94. The van der Waals surface area contributed by atoms with Crippen molar-refractivity contribution in [1.29, 1.82) is 0 Å². The minimum absolute atomic E-state index is 0. The van der Waals surface area contributed by atoms with Crippen LogP contribution in [-0.4, -0.2) is 49.7 Å². The molecule has 0 unspecified atom stereocenters. The van der Waals surface area contributed by atoms with Crippen LogP contribution in [0, 0.1) is 11.6 Å². The lowest BCUT2D eigenvalue weighted by Crippen LogP contribution is -2.47. The third-order valence-corrected chi connectivity index (χ3v) is 4.16. The Balaban J connectivity index is 0.00000312. The normalized spacial score (nSPS) is 15.8. The fraction of sp³-hybridized carbons (Fsp3) is 0.611. The molecule has 0 spiro atoms. The van der Waals surface area contributed by atoms with Crippen molar-refractivity contribution < 1.29 is 13.5 Å². The molecule has 0 radical (unpaired) electrons. The zero-order chi connectivity index (χ0) is 17.4. The molecule has 0 atom stereocenters. The van der Waals surface area contributed by atoms with E-state index in [-0.39, 0.29) is 36.0 Å². The molecule has 142 valence electrons. The van der Waals surface area contributed by atoms with Crippen LogP contribution in [-0.2, 0) is 11.2 Å². The van der Waals surface area contributed by atoms with Gasteiger partial charge in [-0.25, -0.2) is 8.78 Å². The molecule has 0 aromatic heterocycles. The van der Waals surface area contributed by atoms with E-state index in [4.69, 9.17) is 4.74 Å². The maximum Gasteiger partial charge on any atom is 0.193 e. The highest BCUT2D eigenvalue weighted by atomic mass is 127. The Bertz CT molecular complexity index is 529. The molecule has 4 nitrogen and oxygen atoms in total. The third-order valence-electron chi connectivity index (χ3n) is 4.16. The molecule has 1 aromatic rings. The van der Waals surface area contributed by atoms with Crippen molar-refractivity contribution in [3.8, 4) is 0 Å². The summed E-state index contributed by atoms with van der Waals surface area (Å²) in [6.07, 6.45) is 2.52. The summed E-state index contributed by atoms with van der Waals surface area (Å²) < 4.78 is 33.0. The standard InChI is InChI=1S/C18H27F2N3O.HI/c1-3-21-18(23-12-9-14(10-13-23)24-4-2)22-11-8-15-16(19)6-5-7-17(15)20;/h5-7,14H,3-4,8-13H2,1-2H3,(H,21,22);1H. The van der Waals surface area contributed by atoms with Crippen LogP contribution in [0.5, 0.6) is 0 Å². The van der Waals surface area contributed by atoms with Gasteiger partial charge in [-0.15, -0.1) is 24.0 Å². The highest BCUT2D eigenvalue weighted by molar-refractivity contribution is 14.0. The summed E-state index contributed by atoms with van der Waals surface area (Å²) in [6.45, 7) is 7.64. The van der Waals surface area contributed by atoms with Crippen LogP contribution < -0.4 is 5.32 Å². The Morgan fingerprint density at radius 2 is 1.88 bits per heavy atom. The number of nitrogens with one attached hydrogen (secondary N) is 1. The predicted octanol–water partition coefficient (Wildman–Crippen LogP) is 3.59. The van der Waals surface area contributed by atoms with Crippen LogP contribution in [0.2, 0.25) is 0 Å². The van der Waals surface area contributed by atoms with Crippen LogP contribution in [0.4, 0.5) is 8.78 Å². The molecular weight excluding hydrogens is 439 g/mol. The molecule has 1 aliphatic rings. The highest BCUT2D eigenvalue weighted by Gasteiger charge is 2.21. The summed E-state index contributed by atoms with van der Waals surface area (Å²) >= 11 is 0. The van der Waals surface area contributed by atoms with Crippen molar-refractivity contribution in [3.63, 3.8) is 0 Å². The van der Waals surface area contributed by atoms with Gasteiger partial charge in [-0.1, -0.05) is 6.07 Å². The number of guanidine groups is 1. The Morgan fingerprint density at radius 3 is 2.44 bits per heavy atom. The van der Waals surface area contributed by atoms with Gasteiger partial charge >= 0.3 is 0 Å². The second-order valence-corrected chi connectivity index (χ2v) is 5.83. The van der Waals surface area contributed by atoms with Gasteiger partial charge in [-0.3, -0.25) is 4.99 Å². The molecule has 7 heteroatoms. The number of hydrogen-bond acceptors (Lipinski definition) is 2. The number of nitrogens with zero attached hydrogens (tertiary/aromatic N) is 2. The minimum Gasteiger partial charge on any atom is -0.378 e. The fourth-order valence-electron chi connectivity index (χ4n) is 2.94. The highest BCUT2D eigenvalue weighted by Crippen LogP contribution is 2.15. The average Bonchev–Trinajstić information content (AvgIpc) is 2.58. The zero-order valence-corrected chi connectivity index (χ0v) is 17.3. The van der Waals surface area contributed by atoms with Gasteiger partial charge in [0.05, 0.1) is 6.10 Å². The van der Waals surface area contributed by atoms with E-state index in [1.807, 2.05) is 13.8 Å². The van der Waals surface area contributed by atoms with Gasteiger partial charge in [-0.05, 0) is 45.2 Å². The quantitative estimate of drug-likeness (QED) is 0.395. The summed E-state index contributed by atoms with van der Waals surface area (Å²) in [5, 5.41) is 3.26. The summed E-state index contributed by atoms with van der Waals surface area (Å²) in [5.74, 6) is -0.204. The van der Waals surface area contributed by atoms with Crippen molar-refractivity contribution in [2.45, 2.75) is 39.2 Å². The smallest absolute Gasteiger partial charge is 0.193 e. The lowest BCUT2D eigenvalue weighted by molar-refractivity contribution is 0.0264. The first-order valence-corrected chi connectivity index (χ1v) is 8.73. The number of likely N-dealkylation sites (tertiary alicyclic amines) is 1. The lowest BCUT2D eigenvalue weighted by atomic mass is 10.1. The number of benzene rings is 1. The predicted molar refractivity (Wildman–Crippen MR) is 108 cm³/mol. The molecule has 0 saturated carbocycles. The van der Waals surface area contributed by atoms with E-state index in [1.54, 1.807) is 0 Å². The maximum atomic E-state index is 13.7. The SMILES string of the molecule is CCNC(=NCCc1c(F)cccc1F)N1CCC(OCC)CC1.I. The number of ether oxygens (including phenoxy) is 1. The van der Waals surface area contributed by atoms with Crippen LogP contribution in [0.1, 0.15) is 32.3 Å². The number of hydrogen-bond donors (Lipinski definition) is 1. The number of aliphatic imine (C=N–C) groups is 1. The first-order valence-electron chi connectivity index (χ1n) is 8.73. The maximum absolute atomic E-state index is 13.7. The van der Waals surface area contributed by atoms with Gasteiger partial charge in [0.15, 0.2) is 5.96 Å². The molecule has 1 heterocycles. The Hall–Kier alpha value is -0.960. The summed E-state index contributed by atoms with van der Waals surface area (Å²) in [7, 11) is 0. The van der Waals surface area contributed by atoms with Gasteiger partial charge < -0.3 is 15.0 Å². The van der Waals surface area contributed by atoms with Crippen molar-refractivity contribution in [2.24, 2.45) is 4.99 Å². The third kappa shape index (κ3) is 6.69. The molecule has 1 aliphatic heterocycles. The molecule has 1 fully saturated rings. The monoisotopic (exact) mass is 467 g/mol. The minimum atomic E-state index is -0.507. The van der Waals surface area contributed by atoms with Crippen molar-refractivity contribution >= 4 is 29.9 Å². The Kier molecular flexibility index (Phi) is 10.3. The van der Waals surface area contributed by atoms with Crippen molar-refractivity contribution in [1.82, 2.24) is 10.2 Å². The second kappa shape index (κ2) is 11.6. The van der Waals surface area contributed by atoms with Crippen LogP contribution in [0.3, 0.4) is 0 Å². The van der Waals surface area contributed by atoms with E-state index in [0.717, 1.165) is 45.0 Å². The molecular formula is C18H28F2IN3O. The summed E-state index contributed by atoms with van der Waals surface area (Å²) in [4.78, 5) is 6.73. The lowest BCUT2D eigenvalue weighted by Gasteiger charge is -2.34. The summed E-state index contributed by atoms with van der Waals surface area (Å²) in [5.41, 5.74) is 0.104. The zero-order valence-electron chi connectivity index (χ0n) is 14.9. The van der Waals surface area contributed by atoms with E-state index in [2.05, 4.69) is 15.2 Å². The van der Waals surface area contributed by atoms with Gasteiger partial charge in [0.1, 0.15) is 11.6 Å². The molecule has 1 N–H and O–H groups in total. The van der Waals surface area contributed by atoms with E-state index < -0.39 is 11.6 Å². The van der Waals surface area contributed by atoms with Gasteiger partial charge in [0.25, 0.3) is 0 Å². The molecule has 25 heavy (non-hydrogen) atoms. The Labute approximate surface area is 166 Å². The van der Waals surface area contributed by atoms with Crippen LogP contribution in [0.25, 0.3) is 0 Å². The average molecular weight is 467 g/mol. The first kappa shape index (κ1) is 22.1. The molecule has 0 bridgehead atoms. The summed E-state index contributed by atoms with van der Waals surface area (Å²) in [6, 6.07) is 3.95. The van der Waals surface area contributed by atoms with Gasteiger partial charge in [0.2, 0.25) is 0 Å². The van der Waals surface area contributed by atoms with E-state index >= 15 is 0 Å². The van der Waals surface area contributed by atoms with Gasteiger partial charge in [-0.2, -0.15) is 0 Å². The molecule has 1 aromatic carbocycles. The van der Waals surface area contributed by atoms with Crippen LogP contribution >= 0.6 is 24.0 Å². The van der Waals surface area contributed by atoms with Crippen molar-refractivity contribution in [3.05, 3.63) is 35.4 Å². The molecule has 2 rings (SSSR count). The first-order chi connectivity index (χ1) is 11.7. The number of piperidine rings is 1. The second-order valence-electron chi connectivity index (χ2n) is 5.83. The largest absolute Gasteiger partial charge is 0.378 e. The molecule has 0 amide bonds.